The van der Waals surface area contributed by atoms with E-state index in [9.17, 15) is 9.59 Å². The molecule has 0 spiro atoms. The summed E-state index contributed by atoms with van der Waals surface area (Å²) in [6.07, 6.45) is 1.14. The van der Waals surface area contributed by atoms with Crippen molar-refractivity contribution in [2.75, 3.05) is 19.4 Å². The lowest BCUT2D eigenvalue weighted by molar-refractivity contribution is -0.128. The molecule has 0 fully saturated rings. The molecule has 32 heavy (non-hydrogen) atoms. The highest BCUT2D eigenvalue weighted by Gasteiger charge is 2.23. The van der Waals surface area contributed by atoms with Gasteiger partial charge in [-0.1, -0.05) is 72.8 Å². The quantitative estimate of drug-likeness (QED) is 0.531. The molecule has 0 aromatic heterocycles. The van der Waals surface area contributed by atoms with E-state index in [4.69, 9.17) is 12.2 Å². The fourth-order valence-corrected chi connectivity index (χ4v) is 3.58. The van der Waals surface area contributed by atoms with E-state index in [1.807, 2.05) is 84.9 Å². The minimum atomic E-state index is -0.464. The van der Waals surface area contributed by atoms with Gasteiger partial charge in [-0.3, -0.25) is 9.59 Å². The number of nitrogens with zero attached hydrogens (tertiary/aromatic N) is 1. The molecule has 3 rings (SSSR count). The number of hydrogen-bond donors (Lipinski definition) is 2. The Labute approximate surface area is 194 Å². The van der Waals surface area contributed by atoms with Crippen molar-refractivity contribution < 1.29 is 9.59 Å². The van der Waals surface area contributed by atoms with Gasteiger partial charge in [0.15, 0.2) is 5.11 Å². The maximum Gasteiger partial charge on any atom is 0.238 e. The summed E-state index contributed by atoms with van der Waals surface area (Å²) in [4.78, 5) is 26.5. The highest BCUT2D eigenvalue weighted by atomic mass is 32.1. The number of carbonyl (C=O) groups excluding carboxylic acids is 2. The van der Waals surface area contributed by atoms with E-state index in [1.54, 1.807) is 19.0 Å². The van der Waals surface area contributed by atoms with Crippen LogP contribution in [0.1, 0.15) is 29.0 Å². The minimum Gasteiger partial charge on any atom is -0.349 e. The van der Waals surface area contributed by atoms with Crippen molar-refractivity contribution in [2.45, 2.75) is 18.8 Å². The van der Waals surface area contributed by atoms with Gasteiger partial charge in [0.2, 0.25) is 11.8 Å². The average Bonchev–Trinajstić information content (AvgIpc) is 2.80. The van der Waals surface area contributed by atoms with Gasteiger partial charge in [-0.2, -0.15) is 0 Å². The van der Waals surface area contributed by atoms with Crippen molar-refractivity contribution in [3.8, 4) is 0 Å². The van der Waals surface area contributed by atoms with Crippen LogP contribution in [0.3, 0.4) is 0 Å². The van der Waals surface area contributed by atoms with Gasteiger partial charge in [0, 0.05) is 26.2 Å². The Balaban J connectivity index is 1.63. The number of amides is 2. The van der Waals surface area contributed by atoms with Crippen LogP contribution in [0.25, 0.3) is 0 Å². The molecular formula is C26H27N3O2S. The Morgan fingerprint density at radius 1 is 0.844 bits per heavy atom. The second-order valence-electron chi connectivity index (χ2n) is 7.68. The zero-order chi connectivity index (χ0) is 22.9. The van der Waals surface area contributed by atoms with E-state index in [0.717, 1.165) is 22.4 Å². The molecule has 0 saturated carbocycles. The van der Waals surface area contributed by atoms with Gasteiger partial charge in [-0.05, 0) is 47.5 Å². The lowest BCUT2D eigenvalue weighted by Crippen LogP contribution is -2.37. The summed E-state index contributed by atoms with van der Waals surface area (Å²) in [5.74, 6) is -0.560. The molecule has 3 aromatic rings. The molecule has 5 nitrogen and oxygen atoms in total. The van der Waals surface area contributed by atoms with Gasteiger partial charge in [0.05, 0.1) is 5.92 Å². The van der Waals surface area contributed by atoms with E-state index in [1.165, 1.54) is 0 Å². The maximum atomic E-state index is 13.1. The molecule has 0 aliphatic carbocycles. The molecule has 164 valence electrons. The number of anilines is 1. The predicted octanol–water partition coefficient (Wildman–Crippen LogP) is 4.35. The summed E-state index contributed by atoms with van der Waals surface area (Å²) in [7, 11) is 3.51. The molecule has 0 radical (unpaired) electrons. The SMILES string of the molecule is CN(C)C(=O)CCc1ccc(NC(=S)NC(=O)C(c2ccccc2)c2ccccc2)cc1. The lowest BCUT2D eigenvalue weighted by Gasteiger charge is -2.18. The molecule has 0 aliphatic heterocycles. The van der Waals surface area contributed by atoms with Crippen LogP contribution in [0.4, 0.5) is 5.69 Å². The predicted molar refractivity (Wildman–Crippen MR) is 133 cm³/mol. The smallest absolute Gasteiger partial charge is 0.238 e. The summed E-state index contributed by atoms with van der Waals surface area (Å²) in [6.45, 7) is 0. The Bertz CT molecular complexity index is 1010. The van der Waals surface area contributed by atoms with Gasteiger partial charge in [0.1, 0.15) is 0 Å². The summed E-state index contributed by atoms with van der Waals surface area (Å²) in [5.41, 5.74) is 3.63. The number of thiocarbonyl (C=S) groups is 1. The third-order valence-electron chi connectivity index (χ3n) is 5.10. The summed E-state index contributed by atoms with van der Waals surface area (Å²) >= 11 is 5.39. The Hall–Kier alpha value is -3.51. The Morgan fingerprint density at radius 3 is 1.88 bits per heavy atom. The van der Waals surface area contributed by atoms with Crippen molar-refractivity contribution in [3.63, 3.8) is 0 Å². The second kappa shape index (κ2) is 11.2. The topological polar surface area (TPSA) is 61.4 Å². The third kappa shape index (κ3) is 6.49. The molecule has 6 heteroatoms. The zero-order valence-corrected chi connectivity index (χ0v) is 19.1. The molecule has 0 unspecified atom stereocenters. The average molecular weight is 446 g/mol. The van der Waals surface area contributed by atoms with Gasteiger partial charge in [-0.15, -0.1) is 0 Å². The molecule has 3 aromatic carbocycles. The maximum absolute atomic E-state index is 13.1. The highest BCUT2D eigenvalue weighted by molar-refractivity contribution is 7.80. The number of nitrogens with one attached hydrogen (secondary N) is 2. The van der Waals surface area contributed by atoms with E-state index >= 15 is 0 Å². The molecule has 0 saturated heterocycles. The van der Waals surface area contributed by atoms with E-state index < -0.39 is 5.92 Å². The van der Waals surface area contributed by atoms with Crippen LogP contribution < -0.4 is 10.6 Å². The zero-order valence-electron chi connectivity index (χ0n) is 18.2. The van der Waals surface area contributed by atoms with Crippen molar-refractivity contribution >= 4 is 34.8 Å². The van der Waals surface area contributed by atoms with Crippen LogP contribution in [0.2, 0.25) is 0 Å². The van der Waals surface area contributed by atoms with Crippen LogP contribution in [-0.2, 0) is 16.0 Å². The Kier molecular flexibility index (Phi) is 8.11. The summed E-state index contributed by atoms with van der Waals surface area (Å²) < 4.78 is 0. The van der Waals surface area contributed by atoms with Crippen LogP contribution in [0.5, 0.6) is 0 Å². The van der Waals surface area contributed by atoms with E-state index in [0.29, 0.717) is 12.8 Å². The Morgan fingerprint density at radius 2 is 1.38 bits per heavy atom. The normalized spacial score (nSPS) is 10.5. The lowest BCUT2D eigenvalue weighted by atomic mass is 9.90. The van der Waals surface area contributed by atoms with Gasteiger partial charge in [-0.25, -0.2) is 0 Å². The second-order valence-corrected chi connectivity index (χ2v) is 8.09. The number of rotatable bonds is 7. The van der Waals surface area contributed by atoms with Crippen molar-refractivity contribution in [1.29, 1.82) is 0 Å². The van der Waals surface area contributed by atoms with Gasteiger partial charge < -0.3 is 15.5 Å². The number of hydrogen-bond acceptors (Lipinski definition) is 3. The molecule has 2 amide bonds. The number of benzene rings is 3. The van der Waals surface area contributed by atoms with Crippen LogP contribution in [-0.4, -0.2) is 35.9 Å². The first-order chi connectivity index (χ1) is 15.4. The van der Waals surface area contributed by atoms with Crippen LogP contribution in [0, 0.1) is 0 Å². The molecule has 0 aliphatic rings. The summed E-state index contributed by atoms with van der Waals surface area (Å²) in [6, 6.07) is 27.0. The standard InChI is InChI=1S/C26H27N3O2S/c1-29(2)23(30)18-15-19-13-16-22(17-14-19)27-26(32)28-25(31)24(20-9-5-3-6-10-20)21-11-7-4-8-12-21/h3-14,16-17,24H,15,18H2,1-2H3,(H2,27,28,31,32). The van der Waals surface area contributed by atoms with Crippen LogP contribution in [0.15, 0.2) is 84.9 Å². The van der Waals surface area contributed by atoms with Crippen LogP contribution >= 0.6 is 12.2 Å². The van der Waals surface area contributed by atoms with E-state index in [2.05, 4.69) is 10.6 Å². The molecule has 0 heterocycles. The fourth-order valence-electron chi connectivity index (χ4n) is 3.36. The summed E-state index contributed by atoms with van der Waals surface area (Å²) in [5, 5.41) is 6.13. The first kappa shape index (κ1) is 23.2. The van der Waals surface area contributed by atoms with Crippen molar-refractivity contribution in [3.05, 3.63) is 102 Å². The van der Waals surface area contributed by atoms with Crippen molar-refractivity contribution in [1.82, 2.24) is 10.2 Å². The van der Waals surface area contributed by atoms with Gasteiger partial charge >= 0.3 is 0 Å². The first-order valence-electron chi connectivity index (χ1n) is 10.4. The monoisotopic (exact) mass is 445 g/mol. The minimum absolute atomic E-state index is 0.0995. The molecular weight excluding hydrogens is 418 g/mol. The molecule has 2 N–H and O–H groups in total. The highest BCUT2D eigenvalue weighted by Crippen LogP contribution is 2.24. The van der Waals surface area contributed by atoms with Gasteiger partial charge in [0.25, 0.3) is 0 Å². The molecule has 0 bridgehead atoms. The van der Waals surface area contributed by atoms with Crippen molar-refractivity contribution in [2.24, 2.45) is 0 Å². The molecule has 0 atom stereocenters. The number of aryl methyl sites for hydroxylation is 1. The first-order valence-corrected chi connectivity index (χ1v) is 10.9. The fraction of sp³-hybridized carbons (Fsp3) is 0.192. The van der Waals surface area contributed by atoms with E-state index in [-0.39, 0.29) is 16.9 Å². The largest absolute Gasteiger partial charge is 0.349 e. The third-order valence-corrected chi connectivity index (χ3v) is 5.31. The number of carbonyl (C=O) groups is 2.